The van der Waals surface area contributed by atoms with Crippen molar-refractivity contribution in [2.24, 2.45) is 22.2 Å². The Labute approximate surface area is 557 Å². The number of benzene rings is 2. The summed E-state index contributed by atoms with van der Waals surface area (Å²) in [5, 5.41) is 61.6. The van der Waals surface area contributed by atoms with Gasteiger partial charge >= 0.3 is 30.0 Å². The number of alkyl carbamates (subject to hydrolysis) is 1. The zero-order valence-electron chi connectivity index (χ0n) is 55.8. The maximum atomic E-state index is 15.4. The van der Waals surface area contributed by atoms with Crippen molar-refractivity contribution in [3.8, 4) is 0 Å². The van der Waals surface area contributed by atoms with Crippen molar-refractivity contribution in [1.29, 1.82) is 0 Å². The molecule has 96 heavy (non-hydrogen) atoms. The molecule has 7 rings (SSSR count). The number of rotatable bonds is 28. The normalized spacial score (nSPS) is 25.7. The van der Waals surface area contributed by atoms with Gasteiger partial charge in [-0.1, -0.05) is 68.4 Å². The van der Waals surface area contributed by atoms with E-state index in [0.717, 1.165) is 0 Å². The minimum Gasteiger partial charge on any atom is -0.480 e. The van der Waals surface area contributed by atoms with Crippen LogP contribution in [0, 0.1) is 22.2 Å². The monoisotopic (exact) mass is 1330 g/mol. The Bertz CT molecular complexity index is 3430. The highest BCUT2D eigenvalue weighted by molar-refractivity contribution is 5.96. The van der Waals surface area contributed by atoms with Crippen LogP contribution in [-0.4, -0.2) is 170 Å². The maximum absolute atomic E-state index is 15.4. The third-order valence-electron chi connectivity index (χ3n) is 18.8. The van der Waals surface area contributed by atoms with Gasteiger partial charge in [0.05, 0.1) is 36.2 Å². The van der Waals surface area contributed by atoms with E-state index in [0.29, 0.717) is 5.56 Å². The fraction of sp³-hybridized carbons (Fsp3) is 0.543. The molecule has 26 heteroatoms. The van der Waals surface area contributed by atoms with Crippen molar-refractivity contribution in [2.45, 2.75) is 205 Å². The molecule has 9 N–H and O–H groups in total. The first-order valence-electron chi connectivity index (χ1n) is 32.3. The first kappa shape index (κ1) is 74.7. The Morgan fingerprint density at radius 2 is 1.50 bits per heavy atom. The van der Waals surface area contributed by atoms with E-state index in [-0.39, 0.29) is 86.2 Å². The van der Waals surface area contributed by atoms with Gasteiger partial charge in [-0.05, 0) is 128 Å². The number of amides is 5. The number of ketones is 2. The van der Waals surface area contributed by atoms with Gasteiger partial charge < -0.3 is 75.5 Å². The summed E-state index contributed by atoms with van der Waals surface area (Å²) in [6.45, 7) is 15.1. The SMILES string of the molecule is CC(=O)C[C@@]12CO[C@@H]1C[C@H](O)[C@@]1(C)C(=O)[C@H](O)C3=C(C)[C@@H](OC(=O)[C@H](OC(=O)CCC(=O)NCCCCC(NC(=O)CC[C@H](C)NC(=O)[C@H](C)NC(=O)/C=C/c4cccnc4)C(=O)O)[C@@H](NC(=O)OC(C)(C)C)c4ccccc4)C[C@@](O)([C@@H](OC(=O)c4ccccc4)[C@H]21)C3(C)C. The molecule has 1 saturated heterocycles. The van der Waals surface area contributed by atoms with E-state index in [4.69, 9.17) is 23.7 Å². The number of pyridine rings is 1. The van der Waals surface area contributed by atoms with Crippen LogP contribution in [0.3, 0.4) is 0 Å². The molecule has 2 heterocycles. The highest BCUT2D eigenvalue weighted by Gasteiger charge is 2.76. The first-order chi connectivity index (χ1) is 45.1. The second-order valence-corrected chi connectivity index (χ2v) is 27.2. The van der Waals surface area contributed by atoms with Crippen LogP contribution in [0.2, 0.25) is 0 Å². The Morgan fingerprint density at radius 1 is 0.823 bits per heavy atom. The summed E-state index contributed by atoms with van der Waals surface area (Å²) in [4.78, 5) is 154. The molecule has 3 aliphatic carbocycles. The van der Waals surface area contributed by atoms with E-state index >= 15 is 9.59 Å². The number of fused-ring (bicyclic) bond motifs is 5. The zero-order chi connectivity index (χ0) is 70.7. The lowest BCUT2D eigenvalue weighted by molar-refractivity contribution is -0.319. The highest BCUT2D eigenvalue weighted by atomic mass is 16.6. The molecular formula is C70H90N6O20. The van der Waals surface area contributed by atoms with E-state index in [1.165, 1.54) is 71.9 Å². The molecule has 4 aliphatic rings. The zero-order valence-corrected chi connectivity index (χ0v) is 55.8. The molecular weight excluding hydrogens is 1240 g/mol. The minimum atomic E-state index is -2.45. The number of nitrogens with zero attached hydrogens (tertiary/aromatic N) is 1. The Balaban J connectivity index is 1.04. The standard InChI is InChI=1S/C70H90N6O20/c1-39(73-61(85)42(4)74-51(80)29-27-43-20-19-32-71-37-43)26-28-52(81)75-46(62(86)87)25-17-18-33-72-50(79)30-31-53(82)94-57(55(44-21-13-11-14-22-44)76-65(90)96-66(5,6)7)64(89)93-47-36-70(91)60(95-63(88)45-23-15-12-16-24-45)58-68(10,59(84)56(83)54(41(47)3)67(70,8)9)48(78)34-49-69(58,38-92-49)35-40(2)77/h11-16,19-24,27,29,32,37,39,42,46-49,55-58,60,78,83,91H,17-18,25-26,28,30-31,33-36,38H2,1-10H3,(H,72,79)(H,73,85)(H,74,80)(H,75,81)(H,76,90)(H,86,87)/b29-27+/t39-,42-,46?,47-,48-,49+,55-,56+,57+,58-,60-,68+,69+,70+/m0/s1. The van der Waals surface area contributed by atoms with Gasteiger partial charge in [0.25, 0.3) is 0 Å². The largest absolute Gasteiger partial charge is 0.480 e. The number of ether oxygens (including phenoxy) is 5. The molecule has 14 atom stereocenters. The molecule has 26 nitrogen and oxygen atoms in total. The van der Waals surface area contributed by atoms with Gasteiger partial charge in [0.1, 0.15) is 53.4 Å². The molecule has 2 bridgehead atoms. The van der Waals surface area contributed by atoms with Gasteiger partial charge in [-0.3, -0.25) is 33.8 Å². The van der Waals surface area contributed by atoms with E-state index < -0.39 is 173 Å². The third kappa shape index (κ3) is 17.5. The molecule has 1 aliphatic heterocycles. The van der Waals surface area contributed by atoms with Gasteiger partial charge in [0, 0.05) is 79.9 Å². The van der Waals surface area contributed by atoms with E-state index in [2.05, 4.69) is 31.6 Å². The van der Waals surface area contributed by atoms with Crippen LogP contribution < -0.4 is 26.6 Å². The molecule has 3 aromatic rings. The Kier molecular flexibility index (Phi) is 24.5. The number of nitrogens with one attached hydrogen (secondary N) is 5. The number of aliphatic hydroxyl groups is 3. The van der Waals surface area contributed by atoms with Crippen molar-refractivity contribution in [2.75, 3.05) is 13.2 Å². The number of carboxylic acid groups (broad SMARTS) is 1. The van der Waals surface area contributed by atoms with E-state index in [1.807, 2.05) is 0 Å². The lowest BCUT2D eigenvalue weighted by Gasteiger charge is -2.68. The highest BCUT2D eigenvalue weighted by Crippen LogP contribution is 2.67. The second-order valence-electron chi connectivity index (χ2n) is 27.2. The topological polar surface area (TPSA) is 388 Å². The fourth-order valence-electron chi connectivity index (χ4n) is 13.7. The lowest BCUT2D eigenvalue weighted by Crippen LogP contribution is -2.78. The molecule has 520 valence electrons. The molecule has 2 saturated carbocycles. The molecule has 5 amide bonds. The minimum absolute atomic E-state index is 0.0172. The third-order valence-corrected chi connectivity index (χ3v) is 18.8. The van der Waals surface area contributed by atoms with E-state index in [1.54, 1.807) is 94.7 Å². The average molecular weight is 1340 g/mol. The summed E-state index contributed by atoms with van der Waals surface area (Å²) in [5.74, 6) is -9.60. The van der Waals surface area contributed by atoms with Crippen LogP contribution in [0.25, 0.3) is 6.08 Å². The summed E-state index contributed by atoms with van der Waals surface area (Å²) in [6.07, 6.45) is -6.81. The van der Waals surface area contributed by atoms with E-state index in [9.17, 15) is 63.6 Å². The van der Waals surface area contributed by atoms with Gasteiger partial charge in [-0.2, -0.15) is 0 Å². The number of esters is 3. The van der Waals surface area contributed by atoms with Crippen LogP contribution in [0.5, 0.6) is 0 Å². The number of Topliss-reactive ketones (excluding diaryl/α,β-unsaturated/α-hetero) is 2. The van der Waals surface area contributed by atoms with Crippen LogP contribution >= 0.6 is 0 Å². The lowest BCUT2D eigenvalue weighted by atomic mass is 9.41. The van der Waals surface area contributed by atoms with Crippen LogP contribution in [0.1, 0.15) is 161 Å². The van der Waals surface area contributed by atoms with Crippen molar-refractivity contribution in [1.82, 2.24) is 31.6 Å². The number of aliphatic hydroxyl groups excluding tert-OH is 2. The number of carbonyl (C=O) groups is 11. The smallest absolute Gasteiger partial charge is 0.408 e. The second kappa shape index (κ2) is 31.4. The number of carbonyl (C=O) groups excluding carboxylic acids is 10. The average Bonchev–Trinajstić information content (AvgIpc) is 0.671. The van der Waals surface area contributed by atoms with Crippen molar-refractivity contribution in [3.63, 3.8) is 0 Å². The van der Waals surface area contributed by atoms with Crippen LogP contribution in [0.4, 0.5) is 4.79 Å². The number of hydrogen-bond acceptors (Lipinski definition) is 20. The summed E-state index contributed by atoms with van der Waals surface area (Å²) < 4.78 is 30.4. The summed E-state index contributed by atoms with van der Waals surface area (Å²) in [5.41, 5.74) is -7.74. The van der Waals surface area contributed by atoms with Crippen LogP contribution in [-0.2, 0) is 66.8 Å². The van der Waals surface area contributed by atoms with Gasteiger partial charge in [0.2, 0.25) is 29.7 Å². The predicted molar refractivity (Wildman–Crippen MR) is 344 cm³/mol. The number of carboxylic acids is 1. The number of hydrogen-bond donors (Lipinski definition) is 9. The maximum Gasteiger partial charge on any atom is 0.408 e. The first-order valence-corrected chi connectivity index (χ1v) is 32.3. The predicted octanol–water partition coefficient (Wildman–Crippen LogP) is 5.01. The van der Waals surface area contributed by atoms with Crippen molar-refractivity contribution >= 4 is 71.2 Å². The number of aromatic nitrogens is 1. The van der Waals surface area contributed by atoms with Crippen molar-refractivity contribution < 1.29 is 96.9 Å². The Morgan fingerprint density at radius 3 is 2.11 bits per heavy atom. The molecule has 1 aromatic heterocycles. The number of aliphatic carboxylic acids is 1. The fourth-order valence-corrected chi connectivity index (χ4v) is 13.7. The molecule has 0 spiro atoms. The van der Waals surface area contributed by atoms with Gasteiger partial charge in [-0.25, -0.2) is 19.2 Å². The van der Waals surface area contributed by atoms with Gasteiger partial charge in [-0.15, -0.1) is 0 Å². The van der Waals surface area contributed by atoms with Gasteiger partial charge in [0.15, 0.2) is 5.78 Å². The summed E-state index contributed by atoms with van der Waals surface area (Å²) in [7, 11) is 0. The van der Waals surface area contributed by atoms with Crippen LogP contribution in [0.15, 0.2) is 102 Å². The Hall–Kier alpha value is -8.72. The summed E-state index contributed by atoms with van der Waals surface area (Å²) >= 11 is 0. The molecule has 0 radical (unpaired) electrons. The molecule has 3 fully saturated rings. The summed E-state index contributed by atoms with van der Waals surface area (Å²) in [6, 6.07) is 14.8. The molecule has 2 aromatic carbocycles. The number of unbranched alkanes of at least 4 members (excludes halogenated alkanes) is 1. The molecule has 1 unspecified atom stereocenters. The van der Waals surface area contributed by atoms with Crippen molar-refractivity contribution in [3.05, 3.63) is 119 Å². The quantitative estimate of drug-likeness (QED) is 0.0152.